The van der Waals surface area contributed by atoms with Crippen LogP contribution in [0.4, 0.5) is 5.69 Å². The first-order chi connectivity index (χ1) is 7.61. The van der Waals surface area contributed by atoms with Crippen molar-refractivity contribution in [3.63, 3.8) is 0 Å². The lowest BCUT2D eigenvalue weighted by Gasteiger charge is -2.15. The number of carbonyl (C=O) groups is 1. The Hall–Kier alpha value is -1.64. The van der Waals surface area contributed by atoms with E-state index in [0.29, 0.717) is 6.42 Å². The Balaban J connectivity index is 2.41. The molecule has 1 amide bonds. The normalized spacial score (nSPS) is 15.6. The van der Waals surface area contributed by atoms with Gasteiger partial charge in [-0.2, -0.15) is 5.10 Å². The number of carbonyl (C=O) groups excluding carboxylic acids is 1. The summed E-state index contributed by atoms with van der Waals surface area (Å²) in [5.74, 6) is 0.0746. The zero-order valence-corrected chi connectivity index (χ0v) is 9.95. The van der Waals surface area contributed by atoms with Crippen molar-refractivity contribution in [2.75, 3.05) is 5.01 Å². The molecule has 0 aromatic heterocycles. The van der Waals surface area contributed by atoms with E-state index in [0.717, 1.165) is 28.9 Å². The number of benzene rings is 1. The second kappa shape index (κ2) is 4.08. The fraction of sp³-hybridized carbons (Fsp3) is 0.385. The molecule has 3 heteroatoms. The first kappa shape index (κ1) is 10.9. The molecule has 0 fully saturated rings. The van der Waals surface area contributed by atoms with Gasteiger partial charge in [0.05, 0.1) is 12.1 Å². The van der Waals surface area contributed by atoms with Gasteiger partial charge in [-0.15, -0.1) is 0 Å². The number of hydrazone groups is 1. The van der Waals surface area contributed by atoms with Gasteiger partial charge in [-0.05, 0) is 37.5 Å². The molecule has 0 saturated heterocycles. The van der Waals surface area contributed by atoms with Crippen LogP contribution in [0.1, 0.15) is 30.9 Å². The molecule has 0 spiro atoms. The van der Waals surface area contributed by atoms with Gasteiger partial charge in [0.25, 0.3) is 5.91 Å². The molecule has 1 aliphatic rings. The van der Waals surface area contributed by atoms with E-state index >= 15 is 0 Å². The maximum atomic E-state index is 11.8. The lowest BCUT2D eigenvalue weighted by atomic mass is 10.1. The standard InChI is InChI=1S/C13H16N2O/c1-4-11-8-13(16)15(14-11)12-7-9(2)5-6-10(12)3/h5-7H,4,8H2,1-3H3. The molecule has 0 unspecified atom stereocenters. The van der Waals surface area contributed by atoms with Crippen molar-refractivity contribution in [2.45, 2.75) is 33.6 Å². The molecule has 16 heavy (non-hydrogen) atoms. The van der Waals surface area contributed by atoms with E-state index in [1.165, 1.54) is 0 Å². The maximum absolute atomic E-state index is 11.8. The lowest BCUT2D eigenvalue weighted by molar-refractivity contribution is -0.116. The number of amides is 1. The third-order valence-corrected chi connectivity index (χ3v) is 2.83. The molecule has 1 heterocycles. The molecule has 1 aliphatic heterocycles. The minimum absolute atomic E-state index is 0.0746. The summed E-state index contributed by atoms with van der Waals surface area (Å²) in [6.07, 6.45) is 1.30. The van der Waals surface area contributed by atoms with Crippen LogP contribution in [0.2, 0.25) is 0 Å². The summed E-state index contributed by atoms with van der Waals surface area (Å²) in [7, 11) is 0. The number of anilines is 1. The molecule has 1 aromatic rings. The van der Waals surface area contributed by atoms with Crippen molar-refractivity contribution < 1.29 is 4.79 Å². The molecule has 0 N–H and O–H groups in total. The Labute approximate surface area is 95.8 Å². The summed E-state index contributed by atoms with van der Waals surface area (Å²) in [5.41, 5.74) is 4.10. The predicted octanol–water partition coefficient (Wildman–Crippen LogP) is 2.81. The Morgan fingerprint density at radius 3 is 2.75 bits per heavy atom. The van der Waals surface area contributed by atoms with E-state index < -0.39 is 0 Å². The van der Waals surface area contributed by atoms with E-state index in [2.05, 4.69) is 5.10 Å². The third-order valence-electron chi connectivity index (χ3n) is 2.83. The molecular weight excluding hydrogens is 200 g/mol. The highest BCUT2D eigenvalue weighted by Gasteiger charge is 2.25. The Morgan fingerprint density at radius 1 is 1.38 bits per heavy atom. The average Bonchev–Trinajstić information content (AvgIpc) is 2.63. The Kier molecular flexibility index (Phi) is 2.77. The van der Waals surface area contributed by atoms with E-state index in [1.807, 2.05) is 39.0 Å². The largest absolute Gasteiger partial charge is 0.272 e. The van der Waals surface area contributed by atoms with E-state index in [1.54, 1.807) is 5.01 Å². The van der Waals surface area contributed by atoms with Gasteiger partial charge in [-0.25, -0.2) is 5.01 Å². The third kappa shape index (κ3) is 1.85. The molecule has 0 aliphatic carbocycles. The zero-order chi connectivity index (χ0) is 11.7. The van der Waals surface area contributed by atoms with Crippen molar-refractivity contribution in [2.24, 2.45) is 5.10 Å². The molecule has 0 radical (unpaired) electrons. The van der Waals surface area contributed by atoms with Crippen molar-refractivity contribution in [3.8, 4) is 0 Å². The first-order valence-electron chi connectivity index (χ1n) is 5.58. The second-order valence-electron chi connectivity index (χ2n) is 4.19. The second-order valence-corrected chi connectivity index (χ2v) is 4.19. The first-order valence-corrected chi connectivity index (χ1v) is 5.58. The number of hydrogen-bond acceptors (Lipinski definition) is 2. The molecule has 1 aromatic carbocycles. The smallest absolute Gasteiger partial charge is 0.253 e. The van der Waals surface area contributed by atoms with E-state index in [9.17, 15) is 4.79 Å². The molecule has 2 rings (SSSR count). The fourth-order valence-corrected chi connectivity index (χ4v) is 1.81. The highest BCUT2D eigenvalue weighted by atomic mass is 16.2. The van der Waals surface area contributed by atoms with Gasteiger partial charge in [-0.1, -0.05) is 19.1 Å². The van der Waals surface area contributed by atoms with Gasteiger partial charge in [0, 0.05) is 5.71 Å². The average molecular weight is 216 g/mol. The summed E-state index contributed by atoms with van der Waals surface area (Å²) in [6.45, 7) is 6.05. The van der Waals surface area contributed by atoms with Crippen LogP contribution in [0.25, 0.3) is 0 Å². The van der Waals surface area contributed by atoms with Gasteiger partial charge < -0.3 is 0 Å². The van der Waals surface area contributed by atoms with Crippen molar-refractivity contribution in [3.05, 3.63) is 29.3 Å². The lowest BCUT2D eigenvalue weighted by Crippen LogP contribution is -2.20. The molecule has 0 bridgehead atoms. The predicted molar refractivity (Wildman–Crippen MR) is 65.7 cm³/mol. The van der Waals surface area contributed by atoms with Gasteiger partial charge >= 0.3 is 0 Å². The summed E-state index contributed by atoms with van der Waals surface area (Å²) < 4.78 is 0. The van der Waals surface area contributed by atoms with Crippen LogP contribution in [0.3, 0.4) is 0 Å². The summed E-state index contributed by atoms with van der Waals surface area (Å²) in [4.78, 5) is 11.8. The molecule has 84 valence electrons. The summed E-state index contributed by atoms with van der Waals surface area (Å²) >= 11 is 0. The van der Waals surface area contributed by atoms with Crippen LogP contribution in [0.5, 0.6) is 0 Å². The van der Waals surface area contributed by atoms with Gasteiger partial charge in [0.15, 0.2) is 0 Å². The van der Waals surface area contributed by atoms with Gasteiger partial charge in [-0.3, -0.25) is 4.79 Å². The number of aryl methyl sites for hydroxylation is 2. The maximum Gasteiger partial charge on any atom is 0.253 e. The minimum atomic E-state index is 0.0746. The Morgan fingerprint density at radius 2 is 2.12 bits per heavy atom. The number of hydrogen-bond donors (Lipinski definition) is 0. The number of nitrogens with zero attached hydrogens (tertiary/aromatic N) is 2. The summed E-state index contributed by atoms with van der Waals surface area (Å²) in [5, 5.41) is 5.90. The van der Waals surface area contributed by atoms with E-state index in [4.69, 9.17) is 0 Å². The van der Waals surface area contributed by atoms with Crippen molar-refractivity contribution >= 4 is 17.3 Å². The SMILES string of the molecule is CCC1=NN(c2cc(C)ccc2C)C(=O)C1. The topological polar surface area (TPSA) is 32.7 Å². The minimum Gasteiger partial charge on any atom is -0.272 e. The monoisotopic (exact) mass is 216 g/mol. The summed E-state index contributed by atoms with van der Waals surface area (Å²) in [6, 6.07) is 6.08. The van der Waals surface area contributed by atoms with Crippen LogP contribution in [0, 0.1) is 13.8 Å². The van der Waals surface area contributed by atoms with Crippen LogP contribution in [-0.4, -0.2) is 11.6 Å². The molecule has 0 atom stereocenters. The highest BCUT2D eigenvalue weighted by Crippen LogP contribution is 2.26. The molecular formula is C13H16N2O. The van der Waals surface area contributed by atoms with Crippen LogP contribution in [-0.2, 0) is 4.79 Å². The van der Waals surface area contributed by atoms with Crippen molar-refractivity contribution in [1.29, 1.82) is 0 Å². The highest BCUT2D eigenvalue weighted by molar-refractivity contribution is 6.13. The van der Waals surface area contributed by atoms with Crippen molar-refractivity contribution in [1.82, 2.24) is 0 Å². The van der Waals surface area contributed by atoms with E-state index in [-0.39, 0.29) is 5.91 Å². The Bertz CT molecular complexity index is 463. The quantitative estimate of drug-likeness (QED) is 0.748. The fourth-order valence-electron chi connectivity index (χ4n) is 1.81. The van der Waals surface area contributed by atoms with Crippen LogP contribution < -0.4 is 5.01 Å². The molecule has 0 saturated carbocycles. The van der Waals surface area contributed by atoms with Crippen LogP contribution in [0.15, 0.2) is 23.3 Å². The molecule has 3 nitrogen and oxygen atoms in total. The number of rotatable bonds is 2. The van der Waals surface area contributed by atoms with Gasteiger partial charge in [0.2, 0.25) is 0 Å². The zero-order valence-electron chi connectivity index (χ0n) is 9.95. The van der Waals surface area contributed by atoms with Gasteiger partial charge in [0.1, 0.15) is 0 Å². The van der Waals surface area contributed by atoms with Crippen LogP contribution >= 0.6 is 0 Å².